The van der Waals surface area contributed by atoms with E-state index in [1.54, 1.807) is 7.11 Å². The largest absolute Gasteiger partial charge is 0.497 e. The standard InChI is InChI=1S/C23H28N4O/c1-14-20-17-13-16(28-5)7-8-18(17)26-23(20)15(2)22-21(14)19(9-11-25-22)24-10-6-12-27(3)4/h7-9,11,13,26H,6,10,12H2,1-5H3,(H,24,25). The summed E-state index contributed by atoms with van der Waals surface area (Å²) in [5, 5.41) is 7.29. The molecule has 5 heteroatoms. The number of hydrogen-bond acceptors (Lipinski definition) is 4. The molecule has 28 heavy (non-hydrogen) atoms. The minimum absolute atomic E-state index is 0.874. The smallest absolute Gasteiger partial charge is 0.119 e. The normalized spacial score (nSPS) is 11.8. The summed E-state index contributed by atoms with van der Waals surface area (Å²) in [6.07, 6.45) is 3.00. The van der Waals surface area contributed by atoms with Gasteiger partial charge in [0.25, 0.3) is 0 Å². The highest BCUT2D eigenvalue weighted by Gasteiger charge is 2.17. The topological polar surface area (TPSA) is 53.2 Å². The van der Waals surface area contributed by atoms with Crippen LogP contribution in [0.15, 0.2) is 30.5 Å². The van der Waals surface area contributed by atoms with Crippen LogP contribution in [0.5, 0.6) is 5.75 Å². The van der Waals surface area contributed by atoms with Gasteiger partial charge in [-0.2, -0.15) is 0 Å². The lowest BCUT2D eigenvalue weighted by atomic mass is 9.97. The first kappa shape index (κ1) is 18.6. The van der Waals surface area contributed by atoms with Crippen LogP contribution in [0.25, 0.3) is 32.7 Å². The number of H-pyrrole nitrogens is 1. The fourth-order valence-electron chi connectivity index (χ4n) is 4.10. The number of methoxy groups -OCH3 is 1. The molecule has 0 amide bonds. The van der Waals surface area contributed by atoms with Crippen molar-refractivity contribution in [1.29, 1.82) is 0 Å². The van der Waals surface area contributed by atoms with Crippen LogP contribution in [-0.2, 0) is 0 Å². The van der Waals surface area contributed by atoms with Gasteiger partial charge in [-0.25, -0.2) is 0 Å². The van der Waals surface area contributed by atoms with Crippen LogP contribution >= 0.6 is 0 Å². The molecule has 0 saturated heterocycles. The Morgan fingerprint density at radius 2 is 1.93 bits per heavy atom. The van der Waals surface area contributed by atoms with Gasteiger partial charge in [-0.3, -0.25) is 4.98 Å². The van der Waals surface area contributed by atoms with Crippen molar-refractivity contribution < 1.29 is 4.74 Å². The lowest BCUT2D eigenvalue weighted by molar-refractivity contribution is 0.405. The first-order chi connectivity index (χ1) is 13.5. The van der Waals surface area contributed by atoms with Crippen molar-refractivity contribution in [3.05, 3.63) is 41.6 Å². The van der Waals surface area contributed by atoms with Crippen LogP contribution in [0.1, 0.15) is 17.5 Å². The molecule has 0 aliphatic rings. The summed E-state index contributed by atoms with van der Waals surface area (Å²) < 4.78 is 5.46. The summed E-state index contributed by atoms with van der Waals surface area (Å²) in [7, 11) is 5.93. The number of rotatable bonds is 6. The third-order valence-electron chi connectivity index (χ3n) is 5.53. The van der Waals surface area contributed by atoms with E-state index in [0.717, 1.165) is 47.5 Å². The van der Waals surface area contributed by atoms with Crippen molar-refractivity contribution in [1.82, 2.24) is 14.9 Å². The lowest BCUT2D eigenvalue weighted by Gasteiger charge is -2.15. The molecule has 146 valence electrons. The van der Waals surface area contributed by atoms with Crippen molar-refractivity contribution in [3.63, 3.8) is 0 Å². The van der Waals surface area contributed by atoms with Gasteiger partial charge in [-0.15, -0.1) is 0 Å². The third kappa shape index (κ3) is 3.06. The summed E-state index contributed by atoms with van der Waals surface area (Å²) in [4.78, 5) is 10.5. The summed E-state index contributed by atoms with van der Waals surface area (Å²) >= 11 is 0. The summed E-state index contributed by atoms with van der Waals surface area (Å²) in [6.45, 7) is 6.36. The number of aryl methyl sites for hydroxylation is 2. The summed E-state index contributed by atoms with van der Waals surface area (Å²) in [6, 6.07) is 8.29. The van der Waals surface area contributed by atoms with Gasteiger partial charge < -0.3 is 19.9 Å². The monoisotopic (exact) mass is 376 g/mol. The molecule has 0 unspecified atom stereocenters. The van der Waals surface area contributed by atoms with Crippen LogP contribution in [0.3, 0.4) is 0 Å². The van der Waals surface area contributed by atoms with E-state index >= 15 is 0 Å². The molecule has 5 nitrogen and oxygen atoms in total. The highest BCUT2D eigenvalue weighted by Crippen LogP contribution is 2.39. The van der Waals surface area contributed by atoms with E-state index in [0.29, 0.717) is 0 Å². The van der Waals surface area contributed by atoms with Gasteiger partial charge in [0.2, 0.25) is 0 Å². The predicted octanol–water partition coefficient (Wildman–Crippen LogP) is 4.86. The second-order valence-corrected chi connectivity index (χ2v) is 7.70. The molecule has 2 aromatic carbocycles. The van der Waals surface area contributed by atoms with Gasteiger partial charge in [-0.05, 0) is 76.3 Å². The molecule has 0 radical (unpaired) electrons. The van der Waals surface area contributed by atoms with Gasteiger partial charge in [0.1, 0.15) is 5.75 Å². The van der Waals surface area contributed by atoms with Crippen molar-refractivity contribution in [2.45, 2.75) is 20.3 Å². The molecule has 2 N–H and O–H groups in total. The maximum absolute atomic E-state index is 5.46. The second kappa shape index (κ2) is 7.32. The molecule has 0 atom stereocenters. The molecule has 2 heterocycles. The number of benzene rings is 2. The van der Waals surface area contributed by atoms with E-state index in [1.807, 2.05) is 12.3 Å². The molecule has 0 saturated carbocycles. The van der Waals surface area contributed by atoms with Gasteiger partial charge in [0, 0.05) is 40.1 Å². The minimum atomic E-state index is 0.874. The van der Waals surface area contributed by atoms with E-state index in [9.17, 15) is 0 Å². The number of aromatic nitrogens is 2. The van der Waals surface area contributed by atoms with Crippen molar-refractivity contribution in [3.8, 4) is 5.75 Å². The zero-order valence-electron chi connectivity index (χ0n) is 17.3. The van der Waals surface area contributed by atoms with E-state index in [4.69, 9.17) is 9.72 Å². The Balaban J connectivity index is 1.91. The van der Waals surface area contributed by atoms with E-state index in [1.165, 1.54) is 27.3 Å². The van der Waals surface area contributed by atoms with E-state index < -0.39 is 0 Å². The minimum Gasteiger partial charge on any atom is -0.497 e. The molecule has 0 aliphatic heterocycles. The second-order valence-electron chi connectivity index (χ2n) is 7.70. The average molecular weight is 377 g/mol. The molecule has 2 aromatic heterocycles. The molecule has 4 rings (SSSR count). The number of aromatic amines is 1. The Bertz CT molecular complexity index is 1160. The van der Waals surface area contributed by atoms with Crippen LogP contribution in [0.2, 0.25) is 0 Å². The van der Waals surface area contributed by atoms with Gasteiger partial charge in [0.05, 0.1) is 18.1 Å². The molecule has 0 bridgehead atoms. The van der Waals surface area contributed by atoms with Gasteiger partial charge in [0.15, 0.2) is 0 Å². The third-order valence-corrected chi connectivity index (χ3v) is 5.53. The predicted molar refractivity (Wildman–Crippen MR) is 119 cm³/mol. The fraction of sp³-hybridized carbons (Fsp3) is 0.348. The average Bonchev–Trinajstić information content (AvgIpc) is 3.08. The van der Waals surface area contributed by atoms with Crippen LogP contribution in [-0.4, -0.2) is 49.2 Å². The van der Waals surface area contributed by atoms with Crippen LogP contribution < -0.4 is 10.1 Å². The number of ether oxygens (including phenoxy) is 1. The summed E-state index contributed by atoms with van der Waals surface area (Å²) in [5.74, 6) is 0.874. The quantitative estimate of drug-likeness (QED) is 0.472. The maximum Gasteiger partial charge on any atom is 0.119 e. The van der Waals surface area contributed by atoms with E-state index in [-0.39, 0.29) is 0 Å². The van der Waals surface area contributed by atoms with Crippen molar-refractivity contribution in [2.75, 3.05) is 39.6 Å². The first-order valence-corrected chi connectivity index (χ1v) is 9.77. The lowest BCUT2D eigenvalue weighted by Crippen LogP contribution is -2.16. The highest BCUT2D eigenvalue weighted by atomic mass is 16.5. The molecule has 0 spiro atoms. The number of nitrogens with one attached hydrogen (secondary N) is 2. The number of pyridine rings is 1. The Hall–Kier alpha value is -2.79. The fourth-order valence-corrected chi connectivity index (χ4v) is 4.10. The zero-order chi connectivity index (χ0) is 19.8. The van der Waals surface area contributed by atoms with Crippen LogP contribution in [0, 0.1) is 13.8 Å². The van der Waals surface area contributed by atoms with Crippen molar-refractivity contribution in [2.24, 2.45) is 0 Å². The van der Waals surface area contributed by atoms with Gasteiger partial charge >= 0.3 is 0 Å². The molecule has 0 fully saturated rings. The Morgan fingerprint density at radius 1 is 1.11 bits per heavy atom. The number of hydrogen-bond donors (Lipinski definition) is 2. The zero-order valence-corrected chi connectivity index (χ0v) is 17.3. The first-order valence-electron chi connectivity index (χ1n) is 9.77. The molecule has 0 aliphatic carbocycles. The van der Waals surface area contributed by atoms with Gasteiger partial charge in [-0.1, -0.05) is 0 Å². The Labute approximate surface area is 165 Å². The number of anilines is 1. The highest BCUT2D eigenvalue weighted by molar-refractivity contribution is 6.17. The Kier molecular flexibility index (Phi) is 4.85. The molecule has 4 aromatic rings. The molecular formula is C23H28N4O. The SMILES string of the molecule is COc1ccc2[nH]c3c(C)c4nccc(NCCCN(C)C)c4c(C)c3c2c1. The van der Waals surface area contributed by atoms with E-state index in [2.05, 4.69) is 61.3 Å². The van der Waals surface area contributed by atoms with Crippen molar-refractivity contribution >= 4 is 38.4 Å². The summed E-state index contributed by atoms with van der Waals surface area (Å²) in [5.41, 5.74) is 6.92. The maximum atomic E-state index is 5.46. The Morgan fingerprint density at radius 3 is 2.68 bits per heavy atom. The number of fused-ring (bicyclic) bond motifs is 4. The molecular weight excluding hydrogens is 348 g/mol. The van der Waals surface area contributed by atoms with Crippen LogP contribution in [0.4, 0.5) is 5.69 Å². The number of nitrogens with zero attached hydrogens (tertiary/aromatic N) is 2.